The fourth-order valence-electron chi connectivity index (χ4n) is 3.75. The minimum absolute atomic E-state index is 0. The molecular weight excluding hydrogens is 515 g/mol. The monoisotopic (exact) mass is 550 g/mol. The Morgan fingerprint density at radius 3 is 2.37 bits per heavy atom. The summed E-state index contributed by atoms with van der Waals surface area (Å²) >= 11 is 0. The minimum Gasteiger partial charge on any atom is -0.355 e. The molecule has 1 aromatic rings. The first-order chi connectivity index (χ1) is 13.8. The number of sulfone groups is 1. The third kappa shape index (κ3) is 9.20. The number of nitrogens with one attached hydrogen (secondary N) is 3. The molecule has 1 saturated carbocycles. The van der Waals surface area contributed by atoms with Crippen molar-refractivity contribution in [3.63, 3.8) is 0 Å². The Morgan fingerprint density at radius 2 is 1.77 bits per heavy atom. The molecule has 0 spiro atoms. The van der Waals surface area contributed by atoms with Gasteiger partial charge in [-0.05, 0) is 42.9 Å². The van der Waals surface area contributed by atoms with Gasteiger partial charge in [0.15, 0.2) is 15.8 Å². The summed E-state index contributed by atoms with van der Waals surface area (Å²) in [5, 5.41) is 9.35. The van der Waals surface area contributed by atoms with Crippen LogP contribution in [0.15, 0.2) is 28.1 Å². The van der Waals surface area contributed by atoms with Crippen LogP contribution in [0.3, 0.4) is 0 Å². The summed E-state index contributed by atoms with van der Waals surface area (Å²) in [4.78, 5) is 16.6. The molecule has 3 N–H and O–H groups in total. The van der Waals surface area contributed by atoms with Crippen molar-refractivity contribution in [2.24, 2.45) is 10.9 Å². The summed E-state index contributed by atoms with van der Waals surface area (Å²) in [7, 11) is -1.52. The van der Waals surface area contributed by atoms with Crippen molar-refractivity contribution in [2.45, 2.75) is 56.9 Å². The molecule has 1 aliphatic carbocycles. The van der Waals surface area contributed by atoms with E-state index in [0.717, 1.165) is 11.1 Å². The number of carbonyl (C=O) groups excluding carboxylic acids is 1. The molecular formula is C21H35IN4O3S. The number of aryl methyl sites for hydroxylation is 1. The molecule has 1 aromatic carbocycles. The number of hydrogen-bond donors (Lipinski definition) is 3. The lowest BCUT2D eigenvalue weighted by Gasteiger charge is -2.20. The first-order valence-electron chi connectivity index (χ1n) is 10.3. The molecule has 0 aromatic heterocycles. The minimum atomic E-state index is -3.21. The second-order valence-corrected chi connectivity index (χ2v) is 9.77. The van der Waals surface area contributed by atoms with Crippen LogP contribution in [0.2, 0.25) is 0 Å². The number of benzene rings is 1. The van der Waals surface area contributed by atoms with E-state index in [1.165, 1.54) is 38.4 Å². The molecule has 0 aliphatic heterocycles. The van der Waals surface area contributed by atoms with E-state index in [0.29, 0.717) is 42.8 Å². The fourth-order valence-corrected chi connectivity index (χ4v) is 4.71. The van der Waals surface area contributed by atoms with Gasteiger partial charge in [0.2, 0.25) is 5.91 Å². The Morgan fingerprint density at radius 1 is 1.10 bits per heavy atom. The number of nitrogens with zero attached hydrogens (tertiary/aromatic N) is 1. The number of amides is 1. The third-order valence-corrected chi connectivity index (χ3v) is 6.52. The molecule has 1 fully saturated rings. The van der Waals surface area contributed by atoms with Crippen LogP contribution in [0.4, 0.5) is 0 Å². The van der Waals surface area contributed by atoms with Gasteiger partial charge in [-0.1, -0.05) is 31.4 Å². The first kappa shape index (κ1) is 26.7. The smallest absolute Gasteiger partial charge is 0.220 e. The molecule has 170 valence electrons. The second-order valence-electron chi connectivity index (χ2n) is 7.78. The van der Waals surface area contributed by atoms with Crippen LogP contribution in [-0.4, -0.2) is 46.7 Å². The van der Waals surface area contributed by atoms with Gasteiger partial charge >= 0.3 is 0 Å². The number of carbonyl (C=O) groups is 1. The van der Waals surface area contributed by atoms with E-state index in [4.69, 9.17) is 0 Å². The molecule has 0 bridgehead atoms. The van der Waals surface area contributed by atoms with E-state index in [-0.39, 0.29) is 29.9 Å². The van der Waals surface area contributed by atoms with Crippen molar-refractivity contribution in [1.82, 2.24) is 16.0 Å². The number of guanidine groups is 1. The highest BCUT2D eigenvalue weighted by atomic mass is 127. The van der Waals surface area contributed by atoms with E-state index < -0.39 is 9.84 Å². The van der Waals surface area contributed by atoms with Gasteiger partial charge in [-0.2, -0.15) is 0 Å². The Hall–Kier alpha value is -1.36. The lowest BCUT2D eigenvalue weighted by atomic mass is 9.87. The molecule has 7 nitrogen and oxygen atoms in total. The van der Waals surface area contributed by atoms with Gasteiger partial charge < -0.3 is 16.0 Å². The van der Waals surface area contributed by atoms with Crippen molar-refractivity contribution in [3.05, 3.63) is 29.3 Å². The van der Waals surface area contributed by atoms with Crippen LogP contribution in [0.1, 0.15) is 49.7 Å². The summed E-state index contributed by atoms with van der Waals surface area (Å²) in [5.41, 5.74) is 1.70. The van der Waals surface area contributed by atoms with Crippen LogP contribution in [0.25, 0.3) is 0 Å². The molecule has 1 amide bonds. The Labute approximate surface area is 197 Å². The van der Waals surface area contributed by atoms with Crippen LogP contribution in [0, 0.1) is 12.8 Å². The van der Waals surface area contributed by atoms with Crippen molar-refractivity contribution < 1.29 is 13.2 Å². The van der Waals surface area contributed by atoms with Gasteiger partial charge in [0.05, 0.1) is 4.90 Å². The Bertz CT molecular complexity index is 822. The second kappa shape index (κ2) is 13.1. The zero-order valence-corrected chi connectivity index (χ0v) is 21.3. The number of halogens is 1. The van der Waals surface area contributed by atoms with Crippen LogP contribution in [-0.2, 0) is 21.2 Å². The third-order valence-electron chi connectivity index (χ3n) is 5.26. The highest BCUT2D eigenvalue weighted by Gasteiger charge is 2.16. The number of rotatable bonds is 8. The molecule has 0 saturated heterocycles. The molecule has 0 heterocycles. The molecule has 9 heteroatoms. The fraction of sp³-hybridized carbons (Fsp3) is 0.619. The van der Waals surface area contributed by atoms with Crippen molar-refractivity contribution in [2.75, 3.05) is 26.4 Å². The van der Waals surface area contributed by atoms with Crippen LogP contribution in [0.5, 0.6) is 0 Å². The standard InChI is InChI=1S/C21H34N4O3S.HI/c1-16-13-18(9-10-19(16)29(3,27)28)15-25-21(22-2)24-12-11-23-20(26)14-17-7-5-4-6-8-17;/h9-10,13,17H,4-8,11-12,14-15H2,1-3H3,(H,23,26)(H2,22,24,25);1H. The Balaban J connectivity index is 0.00000450. The molecule has 0 atom stereocenters. The van der Waals surface area contributed by atoms with Gasteiger partial charge in [0.25, 0.3) is 0 Å². The zero-order valence-electron chi connectivity index (χ0n) is 18.2. The maximum Gasteiger partial charge on any atom is 0.220 e. The molecule has 2 rings (SSSR count). The first-order valence-corrected chi connectivity index (χ1v) is 12.2. The molecule has 0 unspecified atom stereocenters. The van der Waals surface area contributed by atoms with Gasteiger partial charge in [0, 0.05) is 39.4 Å². The quantitative estimate of drug-likeness (QED) is 0.200. The average molecular weight is 551 g/mol. The predicted molar refractivity (Wildman–Crippen MR) is 132 cm³/mol. The van der Waals surface area contributed by atoms with Gasteiger partial charge in [0.1, 0.15) is 0 Å². The summed E-state index contributed by atoms with van der Waals surface area (Å²) in [6, 6.07) is 5.30. The largest absolute Gasteiger partial charge is 0.355 e. The highest BCUT2D eigenvalue weighted by Crippen LogP contribution is 2.25. The van der Waals surface area contributed by atoms with Crippen molar-refractivity contribution in [3.8, 4) is 0 Å². The van der Waals surface area contributed by atoms with E-state index in [1.807, 2.05) is 6.07 Å². The van der Waals surface area contributed by atoms with E-state index in [1.54, 1.807) is 26.1 Å². The average Bonchev–Trinajstić information content (AvgIpc) is 2.67. The summed E-state index contributed by atoms with van der Waals surface area (Å²) in [5.74, 6) is 1.31. The molecule has 30 heavy (non-hydrogen) atoms. The highest BCUT2D eigenvalue weighted by molar-refractivity contribution is 14.0. The normalized spacial score (nSPS) is 15.2. The van der Waals surface area contributed by atoms with Crippen molar-refractivity contribution in [1.29, 1.82) is 0 Å². The lowest BCUT2D eigenvalue weighted by molar-refractivity contribution is -0.122. The molecule has 1 aliphatic rings. The lowest BCUT2D eigenvalue weighted by Crippen LogP contribution is -2.41. The van der Waals surface area contributed by atoms with Gasteiger partial charge in [-0.15, -0.1) is 24.0 Å². The summed E-state index contributed by atoms with van der Waals surface area (Å²) in [6.45, 7) is 3.46. The van der Waals surface area contributed by atoms with Gasteiger partial charge in [-0.25, -0.2) is 8.42 Å². The van der Waals surface area contributed by atoms with Crippen LogP contribution >= 0.6 is 24.0 Å². The predicted octanol–water partition coefficient (Wildman–Crippen LogP) is 2.77. The summed E-state index contributed by atoms with van der Waals surface area (Å²) in [6.07, 6.45) is 7.99. The zero-order chi connectivity index (χ0) is 21.3. The topological polar surface area (TPSA) is 99.7 Å². The number of hydrogen-bond acceptors (Lipinski definition) is 4. The van der Waals surface area contributed by atoms with Gasteiger partial charge in [-0.3, -0.25) is 9.79 Å². The van der Waals surface area contributed by atoms with Crippen LogP contribution < -0.4 is 16.0 Å². The van der Waals surface area contributed by atoms with E-state index in [2.05, 4.69) is 20.9 Å². The summed E-state index contributed by atoms with van der Waals surface area (Å²) < 4.78 is 23.4. The maximum atomic E-state index is 12.0. The van der Waals surface area contributed by atoms with E-state index >= 15 is 0 Å². The van der Waals surface area contributed by atoms with E-state index in [9.17, 15) is 13.2 Å². The maximum absolute atomic E-state index is 12.0. The molecule has 0 radical (unpaired) electrons. The number of aliphatic imine (C=N–C) groups is 1. The SMILES string of the molecule is CN=C(NCCNC(=O)CC1CCCCC1)NCc1ccc(S(C)(=O)=O)c(C)c1.I. The van der Waals surface area contributed by atoms with Crippen molar-refractivity contribution >= 4 is 45.7 Å². The Kier molecular flexibility index (Phi) is 11.7.